The maximum absolute atomic E-state index is 6.27. The van der Waals surface area contributed by atoms with E-state index in [2.05, 4.69) is 29.3 Å². The molecule has 1 N–H and O–H groups in total. The zero-order chi connectivity index (χ0) is 14.7. The molecule has 1 atom stereocenters. The summed E-state index contributed by atoms with van der Waals surface area (Å²) in [5, 5.41) is 4.43. The fourth-order valence-corrected chi connectivity index (χ4v) is 3.74. The summed E-state index contributed by atoms with van der Waals surface area (Å²) < 4.78 is 5.83. The Labute approximate surface area is 132 Å². The van der Waals surface area contributed by atoms with Gasteiger partial charge in [0, 0.05) is 36.1 Å². The molecule has 0 bridgehead atoms. The Morgan fingerprint density at radius 3 is 3.10 bits per heavy atom. The van der Waals surface area contributed by atoms with Gasteiger partial charge in [-0.1, -0.05) is 18.5 Å². The molecule has 2 heterocycles. The van der Waals surface area contributed by atoms with Crippen LogP contribution in [0.2, 0.25) is 5.02 Å². The summed E-state index contributed by atoms with van der Waals surface area (Å²) in [6, 6.07) is 4.77. The van der Waals surface area contributed by atoms with Crippen molar-refractivity contribution < 1.29 is 4.74 Å². The van der Waals surface area contributed by atoms with Crippen LogP contribution in [-0.2, 0) is 13.0 Å². The van der Waals surface area contributed by atoms with Crippen LogP contribution in [0.4, 0.5) is 0 Å². The molecular formula is C17H25ClN2O. The fraction of sp³-hybridized carbons (Fsp3) is 0.647. The van der Waals surface area contributed by atoms with E-state index >= 15 is 0 Å². The molecule has 21 heavy (non-hydrogen) atoms. The normalized spacial score (nSPS) is 20.8. The van der Waals surface area contributed by atoms with E-state index in [1.165, 1.54) is 36.9 Å². The summed E-state index contributed by atoms with van der Waals surface area (Å²) in [4.78, 5) is 2.54. The lowest BCUT2D eigenvalue weighted by molar-refractivity contribution is 0.237. The second kappa shape index (κ2) is 6.99. The van der Waals surface area contributed by atoms with Gasteiger partial charge >= 0.3 is 0 Å². The highest BCUT2D eigenvalue weighted by Gasteiger charge is 2.22. The first kappa shape index (κ1) is 15.1. The van der Waals surface area contributed by atoms with Crippen LogP contribution in [0.5, 0.6) is 5.75 Å². The number of hydrogen-bond donors (Lipinski definition) is 1. The van der Waals surface area contributed by atoms with E-state index in [9.17, 15) is 0 Å². The van der Waals surface area contributed by atoms with Crippen molar-refractivity contribution in [2.75, 3.05) is 26.2 Å². The molecule has 4 heteroatoms. The molecule has 1 aromatic rings. The van der Waals surface area contributed by atoms with Gasteiger partial charge in [0.15, 0.2) is 0 Å². The molecule has 116 valence electrons. The lowest BCUT2D eigenvalue weighted by Crippen LogP contribution is -2.37. The monoisotopic (exact) mass is 308 g/mol. The maximum Gasteiger partial charge on any atom is 0.127 e. The van der Waals surface area contributed by atoms with Crippen molar-refractivity contribution >= 4 is 11.6 Å². The molecule has 1 unspecified atom stereocenters. The highest BCUT2D eigenvalue weighted by molar-refractivity contribution is 6.30. The lowest BCUT2D eigenvalue weighted by atomic mass is 10.1. The van der Waals surface area contributed by atoms with Gasteiger partial charge in [0.05, 0.1) is 6.61 Å². The molecule has 2 aliphatic heterocycles. The number of ether oxygens (including phenoxy) is 1. The van der Waals surface area contributed by atoms with Gasteiger partial charge in [0.25, 0.3) is 0 Å². The standard InChI is InChI=1S/C17H25ClN2O/c1-2-7-20(12-16-4-3-6-19-16)11-14-10-15(18)9-13-5-8-21-17(13)14/h9-10,16,19H,2-8,11-12H2,1H3. The number of benzene rings is 1. The third-order valence-electron chi connectivity index (χ3n) is 4.40. The van der Waals surface area contributed by atoms with Crippen molar-refractivity contribution in [1.29, 1.82) is 0 Å². The number of halogens is 1. The Kier molecular flexibility index (Phi) is 5.04. The highest BCUT2D eigenvalue weighted by Crippen LogP contribution is 2.33. The molecule has 0 spiro atoms. The first-order chi connectivity index (χ1) is 10.3. The van der Waals surface area contributed by atoms with Gasteiger partial charge < -0.3 is 10.1 Å². The van der Waals surface area contributed by atoms with Gasteiger partial charge in [-0.25, -0.2) is 0 Å². The molecule has 0 saturated carbocycles. The number of nitrogens with zero attached hydrogens (tertiary/aromatic N) is 1. The van der Waals surface area contributed by atoms with Crippen LogP contribution in [0.3, 0.4) is 0 Å². The highest BCUT2D eigenvalue weighted by atomic mass is 35.5. The summed E-state index contributed by atoms with van der Waals surface area (Å²) in [7, 11) is 0. The summed E-state index contributed by atoms with van der Waals surface area (Å²) in [5.41, 5.74) is 2.52. The van der Waals surface area contributed by atoms with E-state index in [-0.39, 0.29) is 0 Å². The molecular weight excluding hydrogens is 284 g/mol. The van der Waals surface area contributed by atoms with Crippen LogP contribution in [0.15, 0.2) is 12.1 Å². The SMILES string of the molecule is CCCN(Cc1cc(Cl)cc2c1OCC2)CC1CCCN1. The van der Waals surface area contributed by atoms with Gasteiger partial charge in [0.1, 0.15) is 5.75 Å². The molecule has 0 amide bonds. The first-order valence-corrected chi connectivity index (χ1v) is 8.54. The van der Waals surface area contributed by atoms with Crippen molar-refractivity contribution in [2.45, 2.75) is 45.2 Å². The Bertz CT molecular complexity index is 486. The van der Waals surface area contributed by atoms with Gasteiger partial charge in [-0.2, -0.15) is 0 Å². The molecule has 1 aromatic carbocycles. The summed E-state index contributed by atoms with van der Waals surface area (Å²) >= 11 is 6.27. The molecule has 2 aliphatic rings. The van der Waals surface area contributed by atoms with E-state index in [1.807, 2.05) is 0 Å². The van der Waals surface area contributed by atoms with Gasteiger partial charge in [-0.15, -0.1) is 0 Å². The number of fused-ring (bicyclic) bond motifs is 1. The molecule has 0 aromatic heterocycles. The van der Waals surface area contributed by atoms with Crippen LogP contribution in [0.25, 0.3) is 0 Å². The third kappa shape index (κ3) is 3.71. The number of nitrogens with one attached hydrogen (secondary N) is 1. The van der Waals surface area contributed by atoms with E-state index in [0.29, 0.717) is 6.04 Å². The van der Waals surface area contributed by atoms with Gasteiger partial charge in [-0.05, 0) is 50.0 Å². The van der Waals surface area contributed by atoms with Gasteiger partial charge in [-0.3, -0.25) is 4.90 Å². The van der Waals surface area contributed by atoms with E-state index in [4.69, 9.17) is 16.3 Å². The molecule has 1 saturated heterocycles. The quantitative estimate of drug-likeness (QED) is 0.873. The minimum absolute atomic E-state index is 0.643. The number of hydrogen-bond acceptors (Lipinski definition) is 3. The molecule has 1 fully saturated rings. The predicted octanol–water partition coefficient (Wildman–Crippen LogP) is 3.24. The third-order valence-corrected chi connectivity index (χ3v) is 4.62. The topological polar surface area (TPSA) is 24.5 Å². The van der Waals surface area contributed by atoms with Crippen LogP contribution in [0, 0.1) is 0 Å². The van der Waals surface area contributed by atoms with E-state index < -0.39 is 0 Å². The van der Waals surface area contributed by atoms with Crippen molar-refractivity contribution in [2.24, 2.45) is 0 Å². The molecule has 3 rings (SSSR count). The zero-order valence-electron chi connectivity index (χ0n) is 12.8. The largest absolute Gasteiger partial charge is 0.493 e. The molecule has 3 nitrogen and oxygen atoms in total. The molecule has 0 aliphatic carbocycles. The lowest BCUT2D eigenvalue weighted by Gasteiger charge is -2.26. The Balaban J connectivity index is 1.72. The summed E-state index contributed by atoms with van der Waals surface area (Å²) in [6.07, 6.45) is 4.77. The van der Waals surface area contributed by atoms with Crippen LogP contribution in [0.1, 0.15) is 37.3 Å². The van der Waals surface area contributed by atoms with Crippen molar-refractivity contribution in [3.8, 4) is 5.75 Å². The van der Waals surface area contributed by atoms with Crippen molar-refractivity contribution in [3.63, 3.8) is 0 Å². The smallest absolute Gasteiger partial charge is 0.127 e. The minimum atomic E-state index is 0.643. The second-order valence-corrected chi connectivity index (χ2v) is 6.62. The predicted molar refractivity (Wildman–Crippen MR) is 87.2 cm³/mol. The van der Waals surface area contributed by atoms with E-state index in [0.717, 1.165) is 43.4 Å². The molecule has 0 radical (unpaired) electrons. The maximum atomic E-state index is 6.27. The average Bonchev–Trinajstić information content (AvgIpc) is 3.09. The minimum Gasteiger partial charge on any atom is -0.493 e. The Morgan fingerprint density at radius 2 is 2.33 bits per heavy atom. The van der Waals surface area contributed by atoms with Crippen LogP contribution < -0.4 is 10.1 Å². The zero-order valence-corrected chi connectivity index (χ0v) is 13.6. The average molecular weight is 309 g/mol. The number of rotatable bonds is 6. The van der Waals surface area contributed by atoms with Gasteiger partial charge in [0.2, 0.25) is 0 Å². The van der Waals surface area contributed by atoms with Crippen molar-refractivity contribution in [1.82, 2.24) is 10.2 Å². The summed E-state index contributed by atoms with van der Waals surface area (Å²) in [6.45, 7) is 7.39. The Morgan fingerprint density at radius 1 is 1.43 bits per heavy atom. The van der Waals surface area contributed by atoms with Crippen molar-refractivity contribution in [3.05, 3.63) is 28.3 Å². The Hall–Kier alpha value is -0.770. The fourth-order valence-electron chi connectivity index (χ4n) is 3.48. The second-order valence-electron chi connectivity index (χ2n) is 6.18. The van der Waals surface area contributed by atoms with Crippen LogP contribution in [-0.4, -0.2) is 37.2 Å². The summed E-state index contributed by atoms with van der Waals surface area (Å²) in [5.74, 6) is 1.08. The first-order valence-electron chi connectivity index (χ1n) is 8.16. The van der Waals surface area contributed by atoms with E-state index in [1.54, 1.807) is 0 Å². The van der Waals surface area contributed by atoms with Crippen LogP contribution >= 0.6 is 11.6 Å².